The summed E-state index contributed by atoms with van der Waals surface area (Å²) < 4.78 is 5.94. The van der Waals surface area contributed by atoms with Gasteiger partial charge in [0.2, 0.25) is 0 Å². The maximum atomic E-state index is 5.94. The van der Waals surface area contributed by atoms with Crippen LogP contribution in [0.3, 0.4) is 0 Å². The molecule has 0 aliphatic carbocycles. The molecule has 2 saturated heterocycles. The van der Waals surface area contributed by atoms with Gasteiger partial charge in [0.15, 0.2) is 0 Å². The molecule has 2 aromatic heterocycles. The standard InChI is InChI=1S/C19H27N5O/c1-15-6-18(22-21-15)10-24-13-19(14-24)7-17(9-23(19)2)12-25-11-16-4-3-5-20-8-16/h3-6,8,17H,7,9-14H2,1-2H3,(H,21,22)/t17-/m1/s1. The lowest BCUT2D eigenvalue weighted by Crippen LogP contribution is -2.66. The van der Waals surface area contributed by atoms with Crippen molar-refractivity contribution in [1.82, 2.24) is 25.0 Å². The maximum Gasteiger partial charge on any atom is 0.0765 e. The van der Waals surface area contributed by atoms with E-state index in [-0.39, 0.29) is 0 Å². The van der Waals surface area contributed by atoms with Crippen molar-refractivity contribution < 1.29 is 4.74 Å². The van der Waals surface area contributed by atoms with E-state index in [1.807, 2.05) is 12.3 Å². The van der Waals surface area contributed by atoms with E-state index in [0.717, 1.165) is 49.7 Å². The SMILES string of the molecule is Cc1cc(CN2CC3(C[C@@H](COCc4cccnc4)CN3C)C2)n[nH]1. The van der Waals surface area contributed by atoms with Gasteiger partial charge in [0.1, 0.15) is 0 Å². The summed E-state index contributed by atoms with van der Waals surface area (Å²) in [5.41, 5.74) is 3.76. The largest absolute Gasteiger partial charge is 0.376 e. The number of hydrogen-bond acceptors (Lipinski definition) is 5. The Morgan fingerprint density at radius 1 is 1.40 bits per heavy atom. The van der Waals surface area contributed by atoms with Gasteiger partial charge in [-0.25, -0.2) is 0 Å². The number of H-pyrrole nitrogens is 1. The molecule has 1 N–H and O–H groups in total. The highest BCUT2D eigenvalue weighted by Gasteiger charge is 2.51. The number of nitrogens with one attached hydrogen (secondary N) is 1. The van der Waals surface area contributed by atoms with E-state index in [2.05, 4.69) is 51.1 Å². The summed E-state index contributed by atoms with van der Waals surface area (Å²) in [6.07, 6.45) is 4.90. The minimum atomic E-state index is 0.341. The quantitative estimate of drug-likeness (QED) is 0.869. The molecular weight excluding hydrogens is 314 g/mol. The summed E-state index contributed by atoms with van der Waals surface area (Å²) in [5.74, 6) is 0.622. The van der Waals surface area contributed by atoms with Gasteiger partial charge in [-0.1, -0.05) is 6.07 Å². The van der Waals surface area contributed by atoms with Crippen molar-refractivity contribution in [1.29, 1.82) is 0 Å². The molecule has 2 aliphatic heterocycles. The Labute approximate surface area is 149 Å². The zero-order valence-corrected chi connectivity index (χ0v) is 15.1. The molecule has 25 heavy (non-hydrogen) atoms. The van der Waals surface area contributed by atoms with Crippen molar-refractivity contribution in [2.45, 2.75) is 32.0 Å². The third-order valence-corrected chi connectivity index (χ3v) is 5.54. The smallest absolute Gasteiger partial charge is 0.0765 e. The summed E-state index contributed by atoms with van der Waals surface area (Å²) in [5, 5.41) is 7.38. The van der Waals surface area contributed by atoms with Crippen molar-refractivity contribution >= 4 is 0 Å². The monoisotopic (exact) mass is 341 g/mol. The zero-order valence-electron chi connectivity index (χ0n) is 15.1. The predicted molar refractivity (Wildman–Crippen MR) is 96.0 cm³/mol. The van der Waals surface area contributed by atoms with Crippen LogP contribution in [-0.2, 0) is 17.9 Å². The Kier molecular flexibility index (Phi) is 4.58. The Morgan fingerprint density at radius 2 is 2.28 bits per heavy atom. The number of likely N-dealkylation sites (N-methyl/N-ethyl adjacent to an activating group) is 1. The van der Waals surface area contributed by atoms with Crippen LogP contribution in [-0.4, -0.2) is 63.8 Å². The summed E-state index contributed by atoms with van der Waals surface area (Å²) in [7, 11) is 2.26. The lowest BCUT2D eigenvalue weighted by Gasteiger charge is -2.52. The highest BCUT2D eigenvalue weighted by molar-refractivity contribution is 5.12. The number of pyridine rings is 1. The third kappa shape index (κ3) is 3.61. The van der Waals surface area contributed by atoms with E-state index in [4.69, 9.17) is 4.74 Å². The number of rotatable bonds is 6. The lowest BCUT2D eigenvalue weighted by molar-refractivity contribution is -0.0233. The molecule has 6 nitrogen and oxygen atoms in total. The minimum Gasteiger partial charge on any atom is -0.376 e. The normalized spacial score (nSPS) is 23.2. The summed E-state index contributed by atoms with van der Waals surface area (Å²) >= 11 is 0. The van der Waals surface area contributed by atoms with E-state index in [9.17, 15) is 0 Å². The Hall–Kier alpha value is -1.76. The molecular formula is C19H27N5O. The number of aromatic nitrogens is 3. The van der Waals surface area contributed by atoms with Crippen LogP contribution >= 0.6 is 0 Å². The van der Waals surface area contributed by atoms with Gasteiger partial charge >= 0.3 is 0 Å². The van der Waals surface area contributed by atoms with Gasteiger partial charge in [-0.3, -0.25) is 19.9 Å². The molecule has 0 amide bonds. The maximum absolute atomic E-state index is 5.94. The summed E-state index contributed by atoms with van der Waals surface area (Å²) in [4.78, 5) is 9.17. The minimum absolute atomic E-state index is 0.341. The first-order valence-electron chi connectivity index (χ1n) is 9.04. The molecule has 2 fully saturated rings. The van der Waals surface area contributed by atoms with Gasteiger partial charge in [-0.15, -0.1) is 0 Å². The molecule has 0 saturated carbocycles. The molecule has 134 valence electrons. The molecule has 4 heterocycles. The van der Waals surface area contributed by atoms with Crippen molar-refractivity contribution in [3.63, 3.8) is 0 Å². The van der Waals surface area contributed by atoms with Gasteiger partial charge in [-0.2, -0.15) is 5.10 Å². The van der Waals surface area contributed by atoms with Crippen LogP contribution < -0.4 is 0 Å². The topological polar surface area (TPSA) is 57.3 Å². The molecule has 0 bridgehead atoms. The van der Waals surface area contributed by atoms with Crippen molar-refractivity contribution in [2.75, 3.05) is 33.3 Å². The fraction of sp³-hybridized carbons (Fsp3) is 0.579. The van der Waals surface area contributed by atoms with Crippen LogP contribution in [0.5, 0.6) is 0 Å². The first-order valence-corrected chi connectivity index (χ1v) is 9.04. The highest BCUT2D eigenvalue weighted by Crippen LogP contribution is 2.39. The third-order valence-electron chi connectivity index (χ3n) is 5.54. The van der Waals surface area contributed by atoms with E-state index < -0.39 is 0 Å². The van der Waals surface area contributed by atoms with Crippen LogP contribution in [0.15, 0.2) is 30.6 Å². The average Bonchev–Trinajstić information content (AvgIpc) is 3.12. The first-order chi connectivity index (χ1) is 12.1. The van der Waals surface area contributed by atoms with Crippen LogP contribution in [0.25, 0.3) is 0 Å². The second-order valence-corrected chi connectivity index (χ2v) is 7.74. The van der Waals surface area contributed by atoms with Gasteiger partial charge < -0.3 is 4.74 Å². The van der Waals surface area contributed by atoms with E-state index in [1.54, 1.807) is 6.20 Å². The Balaban J connectivity index is 1.23. The fourth-order valence-electron chi connectivity index (χ4n) is 4.33. The molecule has 2 aliphatic rings. The molecule has 6 heteroatoms. The average molecular weight is 341 g/mol. The van der Waals surface area contributed by atoms with Gasteiger partial charge in [0.25, 0.3) is 0 Å². The summed E-state index contributed by atoms with van der Waals surface area (Å²) in [6.45, 7) is 7.88. The number of hydrogen-bond donors (Lipinski definition) is 1. The van der Waals surface area contributed by atoms with Gasteiger partial charge in [-0.05, 0) is 44.0 Å². The molecule has 1 atom stereocenters. The first kappa shape index (κ1) is 16.7. The number of nitrogens with zero attached hydrogens (tertiary/aromatic N) is 4. The number of aromatic amines is 1. The summed E-state index contributed by atoms with van der Waals surface area (Å²) in [6, 6.07) is 6.16. The zero-order chi connectivity index (χ0) is 17.3. The lowest BCUT2D eigenvalue weighted by atomic mass is 9.84. The van der Waals surface area contributed by atoms with Crippen LogP contribution in [0, 0.1) is 12.8 Å². The van der Waals surface area contributed by atoms with E-state index >= 15 is 0 Å². The van der Waals surface area contributed by atoms with E-state index in [0.29, 0.717) is 18.1 Å². The van der Waals surface area contributed by atoms with Crippen molar-refractivity contribution in [2.24, 2.45) is 5.92 Å². The molecule has 1 spiro atoms. The van der Waals surface area contributed by atoms with Gasteiger partial charge in [0, 0.05) is 49.8 Å². The second-order valence-electron chi connectivity index (χ2n) is 7.74. The number of aryl methyl sites for hydroxylation is 1. The number of ether oxygens (including phenoxy) is 1. The second kappa shape index (κ2) is 6.86. The van der Waals surface area contributed by atoms with Crippen LogP contribution in [0.4, 0.5) is 0 Å². The van der Waals surface area contributed by atoms with Crippen LogP contribution in [0.2, 0.25) is 0 Å². The Morgan fingerprint density at radius 3 is 3.00 bits per heavy atom. The van der Waals surface area contributed by atoms with E-state index in [1.165, 1.54) is 6.42 Å². The van der Waals surface area contributed by atoms with Crippen molar-refractivity contribution in [3.05, 3.63) is 47.5 Å². The molecule has 2 aromatic rings. The molecule has 4 rings (SSSR count). The highest BCUT2D eigenvalue weighted by atomic mass is 16.5. The van der Waals surface area contributed by atoms with Crippen molar-refractivity contribution in [3.8, 4) is 0 Å². The molecule has 0 aromatic carbocycles. The number of likely N-dealkylation sites (tertiary alicyclic amines) is 2. The Bertz CT molecular complexity index is 695. The van der Waals surface area contributed by atoms with Crippen LogP contribution in [0.1, 0.15) is 23.4 Å². The molecule has 0 unspecified atom stereocenters. The van der Waals surface area contributed by atoms with Gasteiger partial charge in [0.05, 0.1) is 18.9 Å². The fourth-order valence-corrected chi connectivity index (χ4v) is 4.33. The molecule has 0 radical (unpaired) electrons. The predicted octanol–water partition coefficient (Wildman–Crippen LogP) is 1.84.